The van der Waals surface area contributed by atoms with Gasteiger partial charge in [-0.2, -0.15) is 0 Å². The molecule has 1 aromatic heterocycles. The van der Waals surface area contributed by atoms with E-state index in [1.807, 2.05) is 24.3 Å². The number of carboxylic acids is 1. The van der Waals surface area contributed by atoms with Crippen LogP contribution in [0, 0.1) is 0 Å². The summed E-state index contributed by atoms with van der Waals surface area (Å²) in [6.07, 6.45) is -0.336. The molecule has 9 nitrogen and oxygen atoms in total. The van der Waals surface area contributed by atoms with Gasteiger partial charge in [0.15, 0.2) is 11.5 Å². The molecule has 1 heterocycles. The summed E-state index contributed by atoms with van der Waals surface area (Å²) in [5, 5.41) is 15.3. The van der Waals surface area contributed by atoms with Crippen molar-refractivity contribution in [3.05, 3.63) is 59.8 Å². The van der Waals surface area contributed by atoms with Crippen LogP contribution in [-0.2, 0) is 9.59 Å². The van der Waals surface area contributed by atoms with Gasteiger partial charge >= 0.3 is 5.97 Å². The Morgan fingerprint density at radius 2 is 1.77 bits per heavy atom. The molecule has 31 heavy (non-hydrogen) atoms. The number of ether oxygens (including phenoxy) is 2. The number of benzene rings is 2. The van der Waals surface area contributed by atoms with Gasteiger partial charge in [0.05, 0.1) is 33.2 Å². The predicted molar refractivity (Wildman–Crippen MR) is 113 cm³/mol. The van der Waals surface area contributed by atoms with Crippen LogP contribution in [0.15, 0.2) is 48.5 Å². The summed E-state index contributed by atoms with van der Waals surface area (Å²) in [5.74, 6) is -1.14. The number of aromatic amines is 1. The molecule has 0 saturated heterocycles. The Morgan fingerprint density at radius 1 is 1.03 bits per heavy atom. The molecule has 2 aromatic carbocycles. The number of para-hydroxylation sites is 1. The number of fused-ring (bicyclic) bond motifs is 1. The number of hydrogen-bond acceptors (Lipinski definition) is 5. The summed E-state index contributed by atoms with van der Waals surface area (Å²) in [5.41, 5.74) is 1.68. The third-order valence-electron chi connectivity index (χ3n) is 4.71. The summed E-state index contributed by atoms with van der Waals surface area (Å²) < 4.78 is 10.4. The molecule has 162 valence electrons. The second-order valence-corrected chi connectivity index (χ2v) is 6.79. The third-order valence-corrected chi connectivity index (χ3v) is 4.71. The quantitative estimate of drug-likeness (QED) is 0.416. The number of rotatable bonds is 9. The zero-order valence-corrected chi connectivity index (χ0v) is 17.1. The summed E-state index contributed by atoms with van der Waals surface area (Å²) in [7, 11) is 2.95. The lowest BCUT2D eigenvalue weighted by Crippen LogP contribution is -2.39. The summed E-state index contributed by atoms with van der Waals surface area (Å²) in [4.78, 5) is 39.1. The van der Waals surface area contributed by atoms with Crippen LogP contribution < -0.4 is 20.1 Å². The maximum absolute atomic E-state index is 12.4. The molecule has 3 aromatic rings. The number of nitrogens with one attached hydrogen (secondary N) is 3. The van der Waals surface area contributed by atoms with Crippen molar-refractivity contribution >= 4 is 28.7 Å². The summed E-state index contributed by atoms with van der Waals surface area (Å²) >= 11 is 0. The largest absolute Gasteiger partial charge is 0.493 e. The fourth-order valence-electron chi connectivity index (χ4n) is 3.19. The molecular weight excluding hydrogens is 402 g/mol. The zero-order chi connectivity index (χ0) is 22.4. The van der Waals surface area contributed by atoms with Crippen molar-refractivity contribution in [1.29, 1.82) is 0 Å². The van der Waals surface area contributed by atoms with Crippen LogP contribution in [0.4, 0.5) is 0 Å². The first-order valence-electron chi connectivity index (χ1n) is 9.50. The highest BCUT2D eigenvalue weighted by Crippen LogP contribution is 2.31. The molecule has 0 fully saturated rings. The van der Waals surface area contributed by atoms with E-state index >= 15 is 0 Å². The lowest BCUT2D eigenvalue weighted by molar-refractivity contribution is -0.137. The fraction of sp³-hybridized carbons (Fsp3) is 0.227. The van der Waals surface area contributed by atoms with Gasteiger partial charge < -0.3 is 30.2 Å². The molecule has 0 spiro atoms. The zero-order valence-electron chi connectivity index (χ0n) is 17.1. The average molecular weight is 425 g/mol. The molecule has 0 aliphatic carbocycles. The minimum Gasteiger partial charge on any atom is -0.493 e. The Hall–Kier alpha value is -4.01. The first-order valence-corrected chi connectivity index (χ1v) is 9.50. The number of aromatic nitrogens is 1. The highest BCUT2D eigenvalue weighted by molar-refractivity contribution is 5.99. The van der Waals surface area contributed by atoms with E-state index in [0.717, 1.165) is 10.9 Å². The SMILES string of the molecule is COc1ccc(C(CC(=O)O)NC(=O)CNC(=O)c2cc3ccccc3[nH]2)cc1OC. The lowest BCUT2D eigenvalue weighted by atomic mass is 10.0. The van der Waals surface area contributed by atoms with Gasteiger partial charge in [0.25, 0.3) is 5.91 Å². The Morgan fingerprint density at radius 3 is 2.45 bits per heavy atom. The van der Waals surface area contributed by atoms with Crippen LogP contribution in [0.25, 0.3) is 10.9 Å². The van der Waals surface area contributed by atoms with Crippen molar-refractivity contribution < 1.29 is 29.0 Å². The maximum atomic E-state index is 12.4. The number of carboxylic acid groups (broad SMARTS) is 1. The fourth-order valence-corrected chi connectivity index (χ4v) is 3.19. The second kappa shape index (κ2) is 9.66. The molecule has 0 bridgehead atoms. The van der Waals surface area contributed by atoms with E-state index in [2.05, 4.69) is 15.6 Å². The molecular formula is C22H23N3O6. The molecule has 9 heteroatoms. The lowest BCUT2D eigenvalue weighted by Gasteiger charge is -2.19. The molecule has 3 rings (SSSR count). The van der Waals surface area contributed by atoms with E-state index < -0.39 is 23.8 Å². The number of amides is 2. The minimum absolute atomic E-state index is 0.308. The van der Waals surface area contributed by atoms with Gasteiger partial charge in [0, 0.05) is 10.9 Å². The Labute approximate surface area is 178 Å². The Bertz CT molecular complexity index is 1070. The van der Waals surface area contributed by atoms with Crippen LogP contribution >= 0.6 is 0 Å². The predicted octanol–water partition coefficient (Wildman–Crippen LogP) is 2.25. The van der Waals surface area contributed by atoms with Gasteiger partial charge in [-0.05, 0) is 29.8 Å². The summed E-state index contributed by atoms with van der Waals surface area (Å²) in [6, 6.07) is 13.2. The number of hydrogen-bond donors (Lipinski definition) is 4. The normalized spacial score (nSPS) is 11.5. The Balaban J connectivity index is 1.66. The van der Waals surface area contributed by atoms with Crippen molar-refractivity contribution in [1.82, 2.24) is 15.6 Å². The summed E-state index contributed by atoms with van der Waals surface area (Å²) in [6.45, 7) is -0.308. The first kappa shape index (κ1) is 21.7. The topological polar surface area (TPSA) is 130 Å². The second-order valence-electron chi connectivity index (χ2n) is 6.79. The smallest absolute Gasteiger partial charge is 0.305 e. The van der Waals surface area contributed by atoms with Crippen molar-refractivity contribution in [3.63, 3.8) is 0 Å². The number of carbonyl (C=O) groups is 3. The van der Waals surface area contributed by atoms with Crippen LogP contribution in [0.1, 0.15) is 28.5 Å². The van der Waals surface area contributed by atoms with Crippen LogP contribution in [-0.4, -0.2) is 48.6 Å². The molecule has 1 atom stereocenters. The average Bonchev–Trinajstić information content (AvgIpc) is 3.20. The van der Waals surface area contributed by atoms with Crippen molar-refractivity contribution in [3.8, 4) is 11.5 Å². The molecule has 0 aliphatic rings. The minimum atomic E-state index is -1.08. The van der Waals surface area contributed by atoms with Gasteiger partial charge in [-0.15, -0.1) is 0 Å². The molecule has 0 saturated carbocycles. The highest BCUT2D eigenvalue weighted by Gasteiger charge is 2.20. The van der Waals surface area contributed by atoms with E-state index in [0.29, 0.717) is 22.8 Å². The number of aliphatic carboxylic acids is 1. The van der Waals surface area contributed by atoms with Crippen LogP contribution in [0.5, 0.6) is 11.5 Å². The maximum Gasteiger partial charge on any atom is 0.305 e. The molecule has 0 radical (unpaired) electrons. The van der Waals surface area contributed by atoms with E-state index in [9.17, 15) is 19.5 Å². The van der Waals surface area contributed by atoms with Crippen LogP contribution in [0.3, 0.4) is 0 Å². The standard InChI is InChI=1S/C22H23N3O6/c1-30-18-8-7-14(10-19(18)31-2)16(11-21(27)28)25-20(26)12-23-22(29)17-9-13-5-3-4-6-15(13)24-17/h3-10,16,24H,11-12H2,1-2H3,(H,23,29)(H,25,26)(H,27,28). The number of methoxy groups -OCH3 is 2. The van der Waals surface area contributed by atoms with E-state index in [1.54, 1.807) is 24.3 Å². The molecule has 2 amide bonds. The van der Waals surface area contributed by atoms with Gasteiger partial charge in [-0.25, -0.2) is 0 Å². The van der Waals surface area contributed by atoms with E-state index in [4.69, 9.17) is 9.47 Å². The van der Waals surface area contributed by atoms with E-state index in [-0.39, 0.29) is 13.0 Å². The van der Waals surface area contributed by atoms with Crippen molar-refractivity contribution in [2.24, 2.45) is 0 Å². The molecule has 4 N–H and O–H groups in total. The first-order chi connectivity index (χ1) is 14.9. The van der Waals surface area contributed by atoms with Gasteiger partial charge in [-0.1, -0.05) is 24.3 Å². The van der Waals surface area contributed by atoms with Gasteiger partial charge in [0.2, 0.25) is 5.91 Å². The van der Waals surface area contributed by atoms with Gasteiger partial charge in [-0.3, -0.25) is 14.4 Å². The third kappa shape index (κ3) is 5.33. The monoisotopic (exact) mass is 425 g/mol. The number of carbonyl (C=O) groups excluding carboxylic acids is 2. The van der Waals surface area contributed by atoms with E-state index in [1.165, 1.54) is 14.2 Å². The van der Waals surface area contributed by atoms with Crippen molar-refractivity contribution in [2.75, 3.05) is 20.8 Å². The molecule has 1 unspecified atom stereocenters. The highest BCUT2D eigenvalue weighted by atomic mass is 16.5. The Kier molecular flexibility index (Phi) is 6.76. The van der Waals surface area contributed by atoms with Gasteiger partial charge in [0.1, 0.15) is 5.69 Å². The van der Waals surface area contributed by atoms with Crippen LogP contribution in [0.2, 0.25) is 0 Å². The molecule has 0 aliphatic heterocycles. The van der Waals surface area contributed by atoms with Crippen molar-refractivity contribution in [2.45, 2.75) is 12.5 Å². The number of H-pyrrole nitrogens is 1.